The lowest BCUT2D eigenvalue weighted by Gasteiger charge is -2.07. The van der Waals surface area contributed by atoms with Gasteiger partial charge in [0.2, 0.25) is 0 Å². The highest BCUT2D eigenvalue weighted by molar-refractivity contribution is 6.34. The second-order valence-electron chi connectivity index (χ2n) is 6.33. The van der Waals surface area contributed by atoms with Gasteiger partial charge in [0, 0.05) is 5.69 Å². The van der Waals surface area contributed by atoms with E-state index in [0.717, 1.165) is 16.6 Å². The Labute approximate surface area is 172 Å². The van der Waals surface area contributed by atoms with Gasteiger partial charge in [-0.25, -0.2) is 4.98 Å². The molecule has 5 nitrogen and oxygen atoms in total. The predicted octanol–water partition coefficient (Wildman–Crippen LogP) is 5.53. The van der Waals surface area contributed by atoms with Crippen LogP contribution in [0.15, 0.2) is 72.8 Å². The fourth-order valence-corrected chi connectivity index (χ4v) is 3.17. The maximum absolute atomic E-state index is 12.5. The Kier molecular flexibility index (Phi) is 5.10. The number of nitrogens with zero attached hydrogens (tertiary/aromatic N) is 2. The van der Waals surface area contributed by atoms with Crippen molar-refractivity contribution in [1.82, 2.24) is 9.97 Å². The number of hydrogen-bond acceptors (Lipinski definition) is 3. The molecule has 0 spiro atoms. The van der Waals surface area contributed by atoms with Crippen molar-refractivity contribution in [3.05, 3.63) is 94.8 Å². The van der Waals surface area contributed by atoms with E-state index in [1.54, 1.807) is 42.5 Å². The minimum Gasteiger partial charge on any atom is -0.337 e. The molecule has 0 aliphatic heterocycles. The van der Waals surface area contributed by atoms with Gasteiger partial charge in [-0.3, -0.25) is 4.79 Å². The summed E-state index contributed by atoms with van der Waals surface area (Å²) >= 11 is 6.09. The SMILES string of the molecule is N#C/C(=C\c1cccc(NC(=O)c2ccccc2Cl)c1)c1nc2ccccc2[nH]1. The van der Waals surface area contributed by atoms with Crippen molar-refractivity contribution in [3.63, 3.8) is 0 Å². The summed E-state index contributed by atoms with van der Waals surface area (Å²) in [5.74, 6) is 0.203. The second kappa shape index (κ2) is 8.01. The Morgan fingerprint density at radius 3 is 2.66 bits per heavy atom. The van der Waals surface area contributed by atoms with Gasteiger partial charge in [0.15, 0.2) is 0 Å². The molecule has 0 saturated heterocycles. The van der Waals surface area contributed by atoms with Crippen molar-refractivity contribution in [2.75, 3.05) is 5.32 Å². The van der Waals surface area contributed by atoms with Crippen LogP contribution in [0.5, 0.6) is 0 Å². The number of imidazole rings is 1. The molecule has 6 heteroatoms. The Hall–Kier alpha value is -3.88. The van der Waals surface area contributed by atoms with Crippen molar-refractivity contribution < 1.29 is 4.79 Å². The normalized spacial score (nSPS) is 11.2. The van der Waals surface area contributed by atoms with Crippen LogP contribution in [0.4, 0.5) is 5.69 Å². The summed E-state index contributed by atoms with van der Waals surface area (Å²) in [6.45, 7) is 0. The second-order valence-corrected chi connectivity index (χ2v) is 6.74. The number of nitrogens with one attached hydrogen (secondary N) is 2. The van der Waals surface area contributed by atoms with Gasteiger partial charge in [-0.1, -0.05) is 48.0 Å². The fourth-order valence-electron chi connectivity index (χ4n) is 2.95. The number of carbonyl (C=O) groups excluding carboxylic acids is 1. The zero-order valence-electron chi connectivity index (χ0n) is 15.2. The average Bonchev–Trinajstić information content (AvgIpc) is 3.16. The minimum atomic E-state index is -0.297. The maximum Gasteiger partial charge on any atom is 0.257 e. The monoisotopic (exact) mass is 398 g/mol. The average molecular weight is 399 g/mol. The van der Waals surface area contributed by atoms with Crippen LogP contribution >= 0.6 is 11.6 Å². The van der Waals surface area contributed by atoms with Gasteiger partial charge in [-0.05, 0) is 48.0 Å². The number of hydrogen-bond donors (Lipinski definition) is 2. The van der Waals surface area contributed by atoms with Crippen molar-refractivity contribution in [2.45, 2.75) is 0 Å². The molecule has 1 heterocycles. The number of nitriles is 1. The van der Waals surface area contributed by atoms with Gasteiger partial charge >= 0.3 is 0 Å². The summed E-state index contributed by atoms with van der Waals surface area (Å²) in [7, 11) is 0. The number of carbonyl (C=O) groups is 1. The molecule has 0 bridgehead atoms. The smallest absolute Gasteiger partial charge is 0.257 e. The number of benzene rings is 3. The molecule has 0 unspecified atom stereocenters. The molecular weight excluding hydrogens is 384 g/mol. The molecule has 2 N–H and O–H groups in total. The number of amides is 1. The van der Waals surface area contributed by atoms with E-state index in [9.17, 15) is 10.1 Å². The number of anilines is 1. The van der Waals surface area contributed by atoms with Crippen molar-refractivity contribution in [2.24, 2.45) is 0 Å². The summed E-state index contributed by atoms with van der Waals surface area (Å²) in [5, 5.41) is 12.8. The fraction of sp³-hybridized carbons (Fsp3) is 0. The van der Waals surface area contributed by atoms with Crippen LogP contribution in [0.25, 0.3) is 22.7 Å². The molecule has 1 amide bonds. The highest BCUT2D eigenvalue weighted by Crippen LogP contribution is 2.22. The van der Waals surface area contributed by atoms with Gasteiger partial charge in [0.25, 0.3) is 5.91 Å². The van der Waals surface area contributed by atoms with E-state index < -0.39 is 0 Å². The number of fused-ring (bicyclic) bond motifs is 1. The number of aromatic amines is 1. The lowest BCUT2D eigenvalue weighted by atomic mass is 10.1. The topological polar surface area (TPSA) is 81.6 Å². The van der Waals surface area contributed by atoms with Crippen LogP contribution < -0.4 is 5.32 Å². The first-order chi connectivity index (χ1) is 14.1. The Bertz CT molecular complexity index is 1250. The quantitative estimate of drug-likeness (QED) is 0.443. The molecule has 3 aromatic carbocycles. The minimum absolute atomic E-state index is 0.297. The molecule has 140 valence electrons. The largest absolute Gasteiger partial charge is 0.337 e. The van der Waals surface area contributed by atoms with Crippen molar-refractivity contribution in [3.8, 4) is 6.07 Å². The van der Waals surface area contributed by atoms with Crippen LogP contribution in [-0.2, 0) is 0 Å². The zero-order valence-corrected chi connectivity index (χ0v) is 15.9. The summed E-state index contributed by atoms with van der Waals surface area (Å²) in [5.41, 5.74) is 3.82. The molecule has 4 aromatic rings. The number of rotatable bonds is 4. The third-order valence-electron chi connectivity index (χ3n) is 4.34. The standard InChI is InChI=1S/C23H15ClN4O/c24-19-9-2-1-8-18(19)23(29)26-17-7-5-6-15(13-17)12-16(14-25)22-27-20-10-3-4-11-21(20)28-22/h1-13H,(H,26,29)(H,27,28)/b16-12+. The van der Waals surface area contributed by atoms with Gasteiger partial charge < -0.3 is 10.3 Å². The molecule has 0 aliphatic rings. The predicted molar refractivity (Wildman–Crippen MR) is 115 cm³/mol. The molecule has 4 rings (SSSR count). The summed E-state index contributed by atoms with van der Waals surface area (Å²) in [6.07, 6.45) is 1.73. The molecule has 0 aliphatic carbocycles. The molecule has 1 aromatic heterocycles. The van der Waals surface area contributed by atoms with Crippen LogP contribution in [0.3, 0.4) is 0 Å². The lowest BCUT2D eigenvalue weighted by Crippen LogP contribution is -2.12. The van der Waals surface area contributed by atoms with E-state index in [-0.39, 0.29) is 5.91 Å². The Morgan fingerprint density at radius 1 is 1.07 bits per heavy atom. The van der Waals surface area contributed by atoms with Crippen molar-refractivity contribution >= 4 is 45.9 Å². The molecule has 0 radical (unpaired) electrons. The Morgan fingerprint density at radius 2 is 1.86 bits per heavy atom. The van der Waals surface area contributed by atoms with E-state index in [0.29, 0.717) is 27.7 Å². The van der Waals surface area contributed by atoms with Crippen LogP contribution in [0.1, 0.15) is 21.7 Å². The summed E-state index contributed by atoms with van der Waals surface area (Å²) in [4.78, 5) is 20.1. The van der Waals surface area contributed by atoms with Gasteiger partial charge in [-0.2, -0.15) is 5.26 Å². The highest BCUT2D eigenvalue weighted by Gasteiger charge is 2.11. The number of H-pyrrole nitrogens is 1. The van der Waals surface area contributed by atoms with Crippen LogP contribution in [0.2, 0.25) is 5.02 Å². The van der Waals surface area contributed by atoms with Gasteiger partial charge in [0.1, 0.15) is 11.9 Å². The van der Waals surface area contributed by atoms with Crippen LogP contribution in [-0.4, -0.2) is 15.9 Å². The van der Waals surface area contributed by atoms with E-state index in [2.05, 4.69) is 21.4 Å². The molecule has 0 fully saturated rings. The third-order valence-corrected chi connectivity index (χ3v) is 4.67. The molecular formula is C23H15ClN4O. The summed E-state index contributed by atoms with van der Waals surface area (Å²) < 4.78 is 0. The first kappa shape index (κ1) is 18.5. The lowest BCUT2D eigenvalue weighted by molar-refractivity contribution is 0.102. The number of para-hydroxylation sites is 2. The van der Waals surface area contributed by atoms with Gasteiger partial charge in [0.05, 0.1) is 27.2 Å². The third kappa shape index (κ3) is 4.03. The number of allylic oxidation sites excluding steroid dienone is 1. The molecule has 0 atom stereocenters. The van der Waals surface area contributed by atoms with E-state index in [1.165, 1.54) is 0 Å². The van der Waals surface area contributed by atoms with E-state index in [4.69, 9.17) is 11.6 Å². The number of halogens is 1. The Balaban J connectivity index is 1.61. The highest BCUT2D eigenvalue weighted by atomic mass is 35.5. The first-order valence-electron chi connectivity index (χ1n) is 8.87. The van der Waals surface area contributed by atoms with Crippen molar-refractivity contribution in [1.29, 1.82) is 5.26 Å². The molecule has 0 saturated carbocycles. The first-order valence-corrected chi connectivity index (χ1v) is 9.25. The van der Waals surface area contributed by atoms with E-state index >= 15 is 0 Å². The maximum atomic E-state index is 12.5. The number of aromatic nitrogens is 2. The molecule has 29 heavy (non-hydrogen) atoms. The zero-order chi connectivity index (χ0) is 20.2. The van der Waals surface area contributed by atoms with Crippen LogP contribution in [0, 0.1) is 11.3 Å². The summed E-state index contributed by atoms with van der Waals surface area (Å²) in [6, 6.07) is 23.9. The van der Waals surface area contributed by atoms with E-state index in [1.807, 2.05) is 36.4 Å². The van der Waals surface area contributed by atoms with Gasteiger partial charge in [-0.15, -0.1) is 0 Å².